The van der Waals surface area contributed by atoms with Crippen molar-refractivity contribution in [2.24, 2.45) is 4.99 Å². The van der Waals surface area contributed by atoms with Gasteiger partial charge in [0.1, 0.15) is 0 Å². The lowest BCUT2D eigenvalue weighted by molar-refractivity contribution is 0.155. The van der Waals surface area contributed by atoms with Gasteiger partial charge in [0.15, 0.2) is 5.96 Å². The van der Waals surface area contributed by atoms with Crippen molar-refractivity contribution in [2.45, 2.75) is 31.1 Å². The Morgan fingerprint density at radius 1 is 1.29 bits per heavy atom. The average Bonchev–Trinajstić information content (AvgIpc) is 2.69. The van der Waals surface area contributed by atoms with E-state index in [0.717, 1.165) is 57.0 Å². The molecule has 6 nitrogen and oxygen atoms in total. The van der Waals surface area contributed by atoms with Crippen molar-refractivity contribution >= 4 is 40.7 Å². The molecule has 0 saturated carbocycles. The van der Waals surface area contributed by atoms with Gasteiger partial charge in [0.05, 0.1) is 0 Å². The molecule has 28 heavy (non-hydrogen) atoms. The van der Waals surface area contributed by atoms with Crippen molar-refractivity contribution in [3.05, 3.63) is 35.9 Å². The van der Waals surface area contributed by atoms with Gasteiger partial charge in [-0.25, -0.2) is 0 Å². The number of benzene rings is 1. The van der Waals surface area contributed by atoms with Gasteiger partial charge in [-0.1, -0.05) is 30.3 Å². The number of guanidine groups is 1. The molecule has 0 aliphatic carbocycles. The molecule has 0 aromatic heterocycles. The van der Waals surface area contributed by atoms with E-state index in [-0.39, 0.29) is 24.0 Å². The van der Waals surface area contributed by atoms with Gasteiger partial charge >= 0.3 is 0 Å². The van der Waals surface area contributed by atoms with Gasteiger partial charge in [0, 0.05) is 75.3 Å². The summed E-state index contributed by atoms with van der Waals surface area (Å²) in [4.78, 5) is 6.81. The van der Waals surface area contributed by atoms with E-state index in [1.807, 2.05) is 30.3 Å². The van der Waals surface area contributed by atoms with Crippen molar-refractivity contribution in [3.63, 3.8) is 0 Å². The number of halogens is 1. The van der Waals surface area contributed by atoms with Gasteiger partial charge in [-0.15, -0.1) is 24.0 Å². The van der Waals surface area contributed by atoms with Crippen molar-refractivity contribution in [1.29, 1.82) is 0 Å². The number of ether oxygens (including phenoxy) is 1. The highest BCUT2D eigenvalue weighted by molar-refractivity contribution is 14.0. The number of hydrogen-bond acceptors (Lipinski definition) is 4. The lowest BCUT2D eigenvalue weighted by Gasteiger charge is -2.33. The number of piperidine rings is 1. The second-order valence-electron chi connectivity index (χ2n) is 6.88. The first-order valence-corrected chi connectivity index (χ1v) is 11.3. The van der Waals surface area contributed by atoms with Crippen LogP contribution in [0.5, 0.6) is 0 Å². The highest BCUT2D eigenvalue weighted by Crippen LogP contribution is 2.10. The minimum Gasteiger partial charge on any atom is -0.385 e. The topological polar surface area (TPSA) is 66.0 Å². The smallest absolute Gasteiger partial charge is 0.191 e. The lowest BCUT2D eigenvalue weighted by Crippen LogP contribution is -2.49. The van der Waals surface area contributed by atoms with Gasteiger partial charge in [0.25, 0.3) is 0 Å². The molecule has 1 aromatic rings. The summed E-state index contributed by atoms with van der Waals surface area (Å²) in [6, 6.07) is 10.4. The Morgan fingerprint density at radius 2 is 2.00 bits per heavy atom. The summed E-state index contributed by atoms with van der Waals surface area (Å²) in [5.41, 5.74) is 1.12. The molecule has 1 heterocycles. The molecule has 160 valence electrons. The third-order valence-electron chi connectivity index (χ3n) is 4.77. The standard InChI is InChI=1S/C20H34N4O2S.HI/c1-21-20(22-11-16-27(25)17-18-7-4-3-5-8-18)23-19-9-13-24(14-10-19)12-6-15-26-2;/h3-5,7-8,19H,6,9-17H2,1-2H3,(H2,21,22,23);1H. The molecule has 1 aliphatic rings. The van der Waals surface area contributed by atoms with Crippen LogP contribution in [-0.4, -0.2) is 73.8 Å². The van der Waals surface area contributed by atoms with Crippen LogP contribution in [0.2, 0.25) is 0 Å². The van der Waals surface area contributed by atoms with Crippen LogP contribution in [0.15, 0.2) is 35.3 Å². The quantitative estimate of drug-likeness (QED) is 0.214. The van der Waals surface area contributed by atoms with Crippen LogP contribution in [0.1, 0.15) is 24.8 Å². The van der Waals surface area contributed by atoms with Crippen LogP contribution in [0, 0.1) is 0 Å². The summed E-state index contributed by atoms with van der Waals surface area (Å²) < 4.78 is 17.3. The van der Waals surface area contributed by atoms with E-state index in [2.05, 4.69) is 20.5 Å². The Kier molecular flexibility index (Phi) is 13.7. The largest absolute Gasteiger partial charge is 0.385 e. The van der Waals surface area contributed by atoms with Crippen LogP contribution in [0.25, 0.3) is 0 Å². The van der Waals surface area contributed by atoms with Crippen molar-refractivity contribution in [3.8, 4) is 0 Å². The summed E-state index contributed by atoms with van der Waals surface area (Å²) in [6.07, 6.45) is 3.33. The molecule has 1 atom stereocenters. The molecule has 0 spiro atoms. The third kappa shape index (κ3) is 10.2. The zero-order chi connectivity index (χ0) is 19.3. The molecule has 1 aromatic carbocycles. The van der Waals surface area contributed by atoms with Gasteiger partial charge in [-0.05, 0) is 24.8 Å². The number of methoxy groups -OCH3 is 1. The zero-order valence-corrected chi connectivity index (χ0v) is 20.2. The maximum absolute atomic E-state index is 12.2. The number of rotatable bonds is 10. The number of hydrogen-bond donors (Lipinski definition) is 2. The highest BCUT2D eigenvalue weighted by atomic mass is 127. The van der Waals surface area contributed by atoms with E-state index in [0.29, 0.717) is 24.1 Å². The second-order valence-corrected chi connectivity index (χ2v) is 8.46. The Morgan fingerprint density at radius 3 is 2.64 bits per heavy atom. The molecule has 0 radical (unpaired) electrons. The van der Waals surface area contributed by atoms with Crippen LogP contribution < -0.4 is 10.6 Å². The van der Waals surface area contributed by atoms with E-state index in [4.69, 9.17) is 4.74 Å². The van der Waals surface area contributed by atoms with Crippen LogP contribution >= 0.6 is 24.0 Å². The Balaban J connectivity index is 0.00000392. The third-order valence-corrected chi connectivity index (χ3v) is 6.08. The molecule has 1 saturated heterocycles. The second kappa shape index (κ2) is 15.2. The van der Waals surface area contributed by atoms with Crippen molar-refractivity contribution in [1.82, 2.24) is 15.5 Å². The molecule has 8 heteroatoms. The summed E-state index contributed by atoms with van der Waals surface area (Å²) in [5, 5.41) is 6.81. The monoisotopic (exact) mass is 522 g/mol. The fourth-order valence-electron chi connectivity index (χ4n) is 3.24. The summed E-state index contributed by atoms with van der Waals surface area (Å²) in [6.45, 7) is 4.83. The van der Waals surface area contributed by atoms with E-state index in [9.17, 15) is 4.21 Å². The summed E-state index contributed by atoms with van der Waals surface area (Å²) in [7, 11) is 2.68. The predicted octanol–water partition coefficient (Wildman–Crippen LogP) is 2.22. The van der Waals surface area contributed by atoms with E-state index in [1.54, 1.807) is 14.2 Å². The number of aliphatic imine (C=N–C) groups is 1. The number of likely N-dealkylation sites (tertiary alicyclic amines) is 1. The van der Waals surface area contributed by atoms with E-state index < -0.39 is 10.8 Å². The fraction of sp³-hybridized carbons (Fsp3) is 0.650. The normalized spacial score (nSPS) is 17.0. The predicted molar refractivity (Wildman–Crippen MR) is 129 cm³/mol. The first-order chi connectivity index (χ1) is 13.2. The van der Waals surface area contributed by atoms with E-state index >= 15 is 0 Å². The zero-order valence-electron chi connectivity index (χ0n) is 17.1. The first kappa shape index (κ1) is 25.3. The summed E-state index contributed by atoms with van der Waals surface area (Å²) in [5.74, 6) is 2.04. The molecule has 0 amide bonds. The van der Waals surface area contributed by atoms with Gasteiger partial charge < -0.3 is 20.3 Å². The Hall–Kier alpha value is -0.710. The fourth-order valence-corrected chi connectivity index (χ4v) is 4.28. The maximum Gasteiger partial charge on any atom is 0.191 e. The van der Waals surface area contributed by atoms with Crippen molar-refractivity contribution in [2.75, 3.05) is 52.7 Å². The van der Waals surface area contributed by atoms with Gasteiger partial charge in [-0.2, -0.15) is 0 Å². The summed E-state index contributed by atoms with van der Waals surface area (Å²) >= 11 is 0. The van der Waals surface area contributed by atoms with Crippen LogP contribution in [-0.2, 0) is 21.3 Å². The average molecular weight is 522 g/mol. The Bertz CT molecular complexity index is 581. The molecule has 2 N–H and O–H groups in total. The highest BCUT2D eigenvalue weighted by Gasteiger charge is 2.19. The Labute approximate surface area is 189 Å². The molecule has 1 aliphatic heterocycles. The van der Waals surface area contributed by atoms with Crippen LogP contribution in [0.3, 0.4) is 0 Å². The number of nitrogens with zero attached hydrogens (tertiary/aromatic N) is 2. The number of nitrogens with one attached hydrogen (secondary N) is 2. The van der Waals surface area contributed by atoms with Gasteiger partial charge in [0.2, 0.25) is 0 Å². The molecular weight excluding hydrogens is 487 g/mol. The minimum atomic E-state index is -0.867. The van der Waals surface area contributed by atoms with Gasteiger partial charge in [-0.3, -0.25) is 9.20 Å². The molecular formula is C20H35IN4O2S. The van der Waals surface area contributed by atoms with Crippen molar-refractivity contribution < 1.29 is 8.95 Å². The molecule has 0 bridgehead atoms. The minimum absolute atomic E-state index is 0. The first-order valence-electron chi connectivity index (χ1n) is 9.78. The maximum atomic E-state index is 12.2. The molecule has 1 unspecified atom stereocenters. The van der Waals surface area contributed by atoms with Crippen LogP contribution in [0.4, 0.5) is 0 Å². The SMILES string of the molecule is CN=C(NCCS(=O)Cc1ccccc1)NC1CCN(CCCOC)CC1.I. The lowest BCUT2D eigenvalue weighted by atomic mass is 10.1. The molecule has 1 fully saturated rings. The van der Waals surface area contributed by atoms with E-state index in [1.165, 1.54) is 0 Å². The molecule has 2 rings (SSSR count).